The summed E-state index contributed by atoms with van der Waals surface area (Å²) in [5.41, 5.74) is 8.50. The molecule has 0 bridgehead atoms. The van der Waals surface area contributed by atoms with Gasteiger partial charge in [0.25, 0.3) is 0 Å². The summed E-state index contributed by atoms with van der Waals surface area (Å²) in [5, 5.41) is 1.02. The molecule has 2 aromatic carbocycles. The quantitative estimate of drug-likeness (QED) is 0.856. The maximum atomic E-state index is 6.03. The smallest absolute Gasteiger partial charge is 0.0693 e. The van der Waals surface area contributed by atoms with Crippen LogP contribution in [0.2, 0.25) is 10.0 Å². The molecule has 0 atom stereocenters. The molecular weight excluding hydrogens is 279 g/mol. The molecule has 0 unspecified atom stereocenters. The number of nitrogens with zero attached hydrogens (tertiary/aromatic N) is 1. The zero-order chi connectivity index (χ0) is 13.8. The SMILES string of the molecule is CN(Cc1ccccc1)Cc1cc(Cl)c(N)c(Cl)c1. The van der Waals surface area contributed by atoms with Crippen LogP contribution >= 0.6 is 23.2 Å². The van der Waals surface area contributed by atoms with Crippen LogP contribution in [0.1, 0.15) is 11.1 Å². The summed E-state index contributed by atoms with van der Waals surface area (Å²) in [6.07, 6.45) is 0. The van der Waals surface area contributed by atoms with Crippen LogP contribution in [0.3, 0.4) is 0 Å². The van der Waals surface area contributed by atoms with E-state index >= 15 is 0 Å². The summed E-state index contributed by atoms with van der Waals surface area (Å²) in [6.45, 7) is 1.65. The van der Waals surface area contributed by atoms with Crippen molar-refractivity contribution in [3.05, 3.63) is 63.6 Å². The third-order valence-corrected chi connectivity index (χ3v) is 3.51. The minimum Gasteiger partial charge on any atom is -0.396 e. The fourth-order valence-electron chi connectivity index (χ4n) is 1.99. The average Bonchev–Trinajstić information content (AvgIpc) is 2.37. The predicted molar refractivity (Wildman–Crippen MR) is 82.5 cm³/mol. The molecule has 0 aromatic heterocycles. The van der Waals surface area contributed by atoms with E-state index in [0.29, 0.717) is 15.7 Å². The Kier molecular flexibility index (Phi) is 4.70. The molecule has 0 saturated carbocycles. The maximum absolute atomic E-state index is 6.03. The van der Waals surface area contributed by atoms with Crippen molar-refractivity contribution in [1.82, 2.24) is 4.90 Å². The van der Waals surface area contributed by atoms with E-state index in [0.717, 1.165) is 18.7 Å². The van der Waals surface area contributed by atoms with Crippen molar-refractivity contribution in [3.8, 4) is 0 Å². The minimum atomic E-state index is 0.442. The molecule has 19 heavy (non-hydrogen) atoms. The highest BCUT2D eigenvalue weighted by atomic mass is 35.5. The zero-order valence-corrected chi connectivity index (χ0v) is 12.2. The van der Waals surface area contributed by atoms with Gasteiger partial charge in [-0.3, -0.25) is 4.90 Å². The first kappa shape index (κ1) is 14.2. The molecule has 0 heterocycles. The number of anilines is 1. The first-order valence-corrected chi connectivity index (χ1v) is 6.77. The van der Waals surface area contributed by atoms with E-state index in [1.807, 2.05) is 30.3 Å². The van der Waals surface area contributed by atoms with Crippen LogP contribution in [0.25, 0.3) is 0 Å². The molecule has 100 valence electrons. The van der Waals surface area contributed by atoms with Crippen LogP contribution in [-0.2, 0) is 13.1 Å². The van der Waals surface area contributed by atoms with E-state index in [2.05, 4.69) is 24.1 Å². The van der Waals surface area contributed by atoms with Gasteiger partial charge in [0, 0.05) is 13.1 Å². The fraction of sp³-hybridized carbons (Fsp3) is 0.200. The Bertz CT molecular complexity index is 532. The van der Waals surface area contributed by atoms with E-state index in [4.69, 9.17) is 28.9 Å². The first-order chi connectivity index (χ1) is 9.06. The van der Waals surface area contributed by atoms with Crippen molar-refractivity contribution < 1.29 is 0 Å². The number of hydrogen-bond acceptors (Lipinski definition) is 2. The molecule has 0 aliphatic carbocycles. The third-order valence-electron chi connectivity index (χ3n) is 2.89. The van der Waals surface area contributed by atoms with Gasteiger partial charge in [0.2, 0.25) is 0 Å². The molecule has 0 aliphatic rings. The molecule has 0 fully saturated rings. The Labute approximate surface area is 123 Å². The van der Waals surface area contributed by atoms with E-state index in [9.17, 15) is 0 Å². The lowest BCUT2D eigenvalue weighted by Gasteiger charge is -2.17. The van der Waals surface area contributed by atoms with Crippen LogP contribution in [0.4, 0.5) is 5.69 Å². The second-order valence-corrected chi connectivity index (χ2v) is 5.45. The van der Waals surface area contributed by atoms with E-state index in [1.165, 1.54) is 5.56 Å². The largest absolute Gasteiger partial charge is 0.396 e. The summed E-state index contributed by atoms with van der Waals surface area (Å²) in [4.78, 5) is 2.20. The van der Waals surface area contributed by atoms with Crippen molar-refractivity contribution in [2.45, 2.75) is 13.1 Å². The van der Waals surface area contributed by atoms with Crippen LogP contribution in [-0.4, -0.2) is 11.9 Å². The van der Waals surface area contributed by atoms with Gasteiger partial charge >= 0.3 is 0 Å². The summed E-state index contributed by atoms with van der Waals surface area (Å²) in [6, 6.07) is 14.1. The number of rotatable bonds is 4. The van der Waals surface area contributed by atoms with Gasteiger partial charge < -0.3 is 5.73 Å². The molecule has 4 heteroatoms. The zero-order valence-electron chi connectivity index (χ0n) is 10.7. The van der Waals surface area contributed by atoms with Crippen LogP contribution in [0.15, 0.2) is 42.5 Å². The fourth-order valence-corrected chi connectivity index (χ4v) is 2.52. The second-order valence-electron chi connectivity index (χ2n) is 4.63. The summed E-state index contributed by atoms with van der Waals surface area (Å²) in [5.74, 6) is 0. The van der Waals surface area contributed by atoms with Gasteiger partial charge in [-0.25, -0.2) is 0 Å². The highest BCUT2D eigenvalue weighted by Gasteiger charge is 2.07. The van der Waals surface area contributed by atoms with Gasteiger partial charge in [-0.15, -0.1) is 0 Å². The average molecular weight is 295 g/mol. The number of hydrogen-bond donors (Lipinski definition) is 1. The summed E-state index contributed by atoms with van der Waals surface area (Å²) < 4.78 is 0. The summed E-state index contributed by atoms with van der Waals surface area (Å²) in [7, 11) is 2.06. The molecule has 2 N–H and O–H groups in total. The molecule has 2 nitrogen and oxygen atoms in total. The van der Waals surface area contributed by atoms with E-state index < -0.39 is 0 Å². The lowest BCUT2D eigenvalue weighted by molar-refractivity contribution is 0.319. The van der Waals surface area contributed by atoms with Crippen LogP contribution in [0.5, 0.6) is 0 Å². The summed E-state index contributed by atoms with van der Waals surface area (Å²) >= 11 is 12.1. The Morgan fingerprint density at radius 1 is 0.947 bits per heavy atom. The minimum absolute atomic E-state index is 0.442. The first-order valence-electron chi connectivity index (χ1n) is 6.02. The van der Waals surface area contributed by atoms with Crippen molar-refractivity contribution in [3.63, 3.8) is 0 Å². The van der Waals surface area contributed by atoms with Crippen molar-refractivity contribution in [2.24, 2.45) is 0 Å². The van der Waals surface area contributed by atoms with Gasteiger partial charge in [-0.05, 0) is 30.3 Å². The monoisotopic (exact) mass is 294 g/mol. The van der Waals surface area contributed by atoms with Gasteiger partial charge in [0.05, 0.1) is 15.7 Å². The van der Waals surface area contributed by atoms with Crippen molar-refractivity contribution in [1.29, 1.82) is 0 Å². The lowest BCUT2D eigenvalue weighted by Crippen LogP contribution is -2.17. The molecular formula is C15H16Cl2N2. The molecule has 2 aromatic rings. The topological polar surface area (TPSA) is 29.3 Å². The Morgan fingerprint density at radius 3 is 2.05 bits per heavy atom. The number of halogens is 2. The standard InChI is InChI=1S/C15H16Cl2N2/c1-19(9-11-5-3-2-4-6-11)10-12-7-13(16)15(18)14(17)8-12/h2-8H,9-10,18H2,1H3. The number of nitrogen functional groups attached to an aromatic ring is 1. The van der Waals surface area contributed by atoms with Crippen molar-refractivity contribution in [2.75, 3.05) is 12.8 Å². The Morgan fingerprint density at radius 2 is 1.47 bits per heavy atom. The second kappa shape index (κ2) is 6.29. The van der Waals surface area contributed by atoms with E-state index in [-0.39, 0.29) is 0 Å². The van der Waals surface area contributed by atoms with Crippen LogP contribution in [0, 0.1) is 0 Å². The highest BCUT2D eigenvalue weighted by Crippen LogP contribution is 2.29. The van der Waals surface area contributed by atoms with Gasteiger partial charge in [-0.2, -0.15) is 0 Å². The maximum Gasteiger partial charge on any atom is 0.0693 e. The molecule has 0 saturated heterocycles. The van der Waals surface area contributed by atoms with Gasteiger partial charge in [0.15, 0.2) is 0 Å². The van der Waals surface area contributed by atoms with E-state index in [1.54, 1.807) is 0 Å². The highest BCUT2D eigenvalue weighted by molar-refractivity contribution is 6.38. The van der Waals surface area contributed by atoms with Crippen molar-refractivity contribution >= 4 is 28.9 Å². The molecule has 0 spiro atoms. The lowest BCUT2D eigenvalue weighted by atomic mass is 10.1. The normalized spacial score (nSPS) is 10.9. The number of nitrogens with two attached hydrogens (primary N) is 1. The molecule has 0 aliphatic heterocycles. The Balaban J connectivity index is 2.05. The van der Waals surface area contributed by atoms with Crippen LogP contribution < -0.4 is 5.73 Å². The molecule has 0 radical (unpaired) electrons. The predicted octanol–water partition coefficient (Wildman–Crippen LogP) is 4.21. The molecule has 0 amide bonds. The third kappa shape index (κ3) is 3.87. The Hall–Kier alpha value is -1.22. The number of benzene rings is 2. The molecule has 2 rings (SSSR count). The van der Waals surface area contributed by atoms with Gasteiger partial charge in [0.1, 0.15) is 0 Å². The van der Waals surface area contributed by atoms with Gasteiger partial charge in [-0.1, -0.05) is 53.5 Å².